The van der Waals surface area contributed by atoms with E-state index in [1.165, 1.54) is 54.4 Å². The van der Waals surface area contributed by atoms with Crippen molar-refractivity contribution in [2.24, 2.45) is 14.1 Å². The Kier molecular flexibility index (Phi) is 5.62. The SMILES string of the molecule is Cn1c(=O)c2cc(NC(=O)Cc3csc(-c4ccc(C(F)(F)F)cc4)n3)cnc2n(C)c1=O. The van der Waals surface area contributed by atoms with E-state index >= 15 is 0 Å². The molecule has 0 radical (unpaired) electrons. The van der Waals surface area contributed by atoms with Gasteiger partial charge in [0.1, 0.15) is 10.7 Å². The number of fused-ring (bicyclic) bond motifs is 1. The summed E-state index contributed by atoms with van der Waals surface area (Å²) >= 11 is 1.21. The molecule has 1 N–H and O–H groups in total. The average molecular weight is 475 g/mol. The van der Waals surface area contributed by atoms with Crippen LogP contribution in [0.1, 0.15) is 11.3 Å². The normalized spacial score (nSPS) is 11.7. The Balaban J connectivity index is 1.50. The molecule has 0 saturated heterocycles. The van der Waals surface area contributed by atoms with Crippen molar-refractivity contribution in [3.63, 3.8) is 0 Å². The van der Waals surface area contributed by atoms with Crippen molar-refractivity contribution in [2.45, 2.75) is 12.6 Å². The monoisotopic (exact) mass is 475 g/mol. The standard InChI is InChI=1S/C21H16F3N5O3S/c1-28-17-15(19(31)29(2)20(28)32)7-13(9-25-17)26-16(30)8-14-10-33-18(27-14)11-3-5-12(6-4-11)21(22,23)24/h3-7,9-10H,8H2,1-2H3,(H,26,30). The molecule has 0 saturated carbocycles. The molecule has 0 unspecified atom stereocenters. The van der Waals surface area contributed by atoms with Crippen molar-refractivity contribution in [2.75, 3.05) is 5.32 Å². The maximum absolute atomic E-state index is 12.7. The third-order valence-electron chi connectivity index (χ3n) is 4.93. The molecule has 0 spiro atoms. The molecule has 1 aromatic carbocycles. The predicted octanol–water partition coefficient (Wildman–Crippen LogP) is 2.96. The molecule has 33 heavy (non-hydrogen) atoms. The largest absolute Gasteiger partial charge is 0.416 e. The van der Waals surface area contributed by atoms with Crippen LogP contribution in [0.25, 0.3) is 21.6 Å². The number of benzene rings is 1. The van der Waals surface area contributed by atoms with Gasteiger partial charge in [-0.2, -0.15) is 13.2 Å². The molecule has 0 bridgehead atoms. The number of pyridine rings is 1. The van der Waals surface area contributed by atoms with Gasteiger partial charge < -0.3 is 5.32 Å². The lowest BCUT2D eigenvalue weighted by molar-refractivity contribution is -0.137. The maximum atomic E-state index is 12.7. The Bertz CT molecular complexity index is 1490. The van der Waals surface area contributed by atoms with E-state index in [0.29, 0.717) is 16.3 Å². The number of hydrogen-bond acceptors (Lipinski definition) is 6. The van der Waals surface area contributed by atoms with Crippen LogP contribution in [-0.4, -0.2) is 25.0 Å². The number of thiazole rings is 1. The van der Waals surface area contributed by atoms with Crippen LogP contribution in [0.5, 0.6) is 0 Å². The number of carbonyl (C=O) groups is 1. The lowest BCUT2D eigenvalue weighted by atomic mass is 10.1. The van der Waals surface area contributed by atoms with E-state index in [1.54, 1.807) is 5.38 Å². The lowest BCUT2D eigenvalue weighted by Gasteiger charge is -2.09. The van der Waals surface area contributed by atoms with Gasteiger partial charge in [0, 0.05) is 25.0 Å². The third kappa shape index (κ3) is 4.42. The molecule has 3 aromatic heterocycles. The Morgan fingerprint density at radius 3 is 2.48 bits per heavy atom. The van der Waals surface area contributed by atoms with E-state index in [9.17, 15) is 27.6 Å². The number of rotatable bonds is 4. The fraction of sp³-hybridized carbons (Fsp3) is 0.190. The van der Waals surface area contributed by atoms with Crippen LogP contribution in [0.3, 0.4) is 0 Å². The van der Waals surface area contributed by atoms with Gasteiger partial charge in [-0.3, -0.25) is 18.7 Å². The molecule has 12 heteroatoms. The molecule has 4 rings (SSSR count). The van der Waals surface area contributed by atoms with E-state index in [1.807, 2.05) is 0 Å². The zero-order valence-electron chi connectivity index (χ0n) is 17.3. The van der Waals surface area contributed by atoms with Gasteiger partial charge in [0.15, 0.2) is 0 Å². The van der Waals surface area contributed by atoms with Crippen LogP contribution in [0.2, 0.25) is 0 Å². The van der Waals surface area contributed by atoms with Crippen LogP contribution < -0.4 is 16.6 Å². The van der Waals surface area contributed by atoms with Gasteiger partial charge >= 0.3 is 11.9 Å². The minimum Gasteiger partial charge on any atom is -0.324 e. The summed E-state index contributed by atoms with van der Waals surface area (Å²) in [6.45, 7) is 0. The fourth-order valence-electron chi connectivity index (χ4n) is 3.23. The summed E-state index contributed by atoms with van der Waals surface area (Å²) in [6.07, 6.45) is -3.16. The predicted molar refractivity (Wildman–Crippen MR) is 117 cm³/mol. The Morgan fingerprint density at radius 1 is 1.12 bits per heavy atom. The van der Waals surface area contributed by atoms with E-state index < -0.39 is 28.9 Å². The molecule has 0 fully saturated rings. The van der Waals surface area contributed by atoms with Gasteiger partial charge in [0.05, 0.1) is 34.9 Å². The van der Waals surface area contributed by atoms with Gasteiger partial charge in [-0.25, -0.2) is 14.8 Å². The molecular weight excluding hydrogens is 459 g/mol. The summed E-state index contributed by atoms with van der Waals surface area (Å²) in [5, 5.41) is 4.95. The van der Waals surface area contributed by atoms with Gasteiger partial charge in [0.25, 0.3) is 5.56 Å². The minimum atomic E-state index is -4.42. The summed E-state index contributed by atoms with van der Waals surface area (Å²) in [7, 11) is 2.84. The molecule has 8 nitrogen and oxygen atoms in total. The van der Waals surface area contributed by atoms with Crippen LogP contribution in [0.15, 0.2) is 51.5 Å². The van der Waals surface area contributed by atoms with E-state index in [4.69, 9.17) is 0 Å². The van der Waals surface area contributed by atoms with Crippen molar-refractivity contribution < 1.29 is 18.0 Å². The van der Waals surface area contributed by atoms with Gasteiger partial charge in [-0.15, -0.1) is 11.3 Å². The number of alkyl halides is 3. The second-order valence-electron chi connectivity index (χ2n) is 7.24. The first-order valence-corrected chi connectivity index (χ1v) is 10.4. The summed E-state index contributed by atoms with van der Waals surface area (Å²) in [6, 6.07) is 6.07. The average Bonchev–Trinajstić information content (AvgIpc) is 3.24. The number of carbonyl (C=O) groups excluding carboxylic acids is 1. The molecule has 0 aliphatic heterocycles. The van der Waals surface area contributed by atoms with Gasteiger partial charge in [-0.1, -0.05) is 12.1 Å². The highest BCUT2D eigenvalue weighted by molar-refractivity contribution is 7.13. The van der Waals surface area contributed by atoms with Crippen molar-refractivity contribution in [1.82, 2.24) is 19.1 Å². The van der Waals surface area contributed by atoms with E-state index in [2.05, 4.69) is 15.3 Å². The second-order valence-corrected chi connectivity index (χ2v) is 8.10. The smallest absolute Gasteiger partial charge is 0.324 e. The Morgan fingerprint density at radius 2 is 1.82 bits per heavy atom. The molecule has 1 amide bonds. The molecule has 0 aliphatic rings. The molecule has 3 heterocycles. The molecular formula is C21H16F3N5O3S. The number of aryl methyl sites for hydroxylation is 1. The minimum absolute atomic E-state index is 0.0829. The van der Waals surface area contributed by atoms with Crippen molar-refractivity contribution in [1.29, 1.82) is 0 Å². The molecule has 0 aliphatic carbocycles. The Hall–Kier alpha value is -3.80. The summed E-state index contributed by atoms with van der Waals surface area (Å²) in [5.41, 5.74) is -0.356. The fourth-order valence-corrected chi connectivity index (χ4v) is 4.05. The highest BCUT2D eigenvalue weighted by Gasteiger charge is 2.30. The van der Waals surface area contributed by atoms with E-state index in [0.717, 1.165) is 16.7 Å². The topological polar surface area (TPSA) is 98.9 Å². The Labute approximate surface area is 188 Å². The molecule has 170 valence electrons. The van der Waals surface area contributed by atoms with Gasteiger partial charge in [-0.05, 0) is 18.2 Å². The number of aromatic nitrogens is 4. The molecule has 4 aromatic rings. The summed E-state index contributed by atoms with van der Waals surface area (Å²) in [4.78, 5) is 45.3. The van der Waals surface area contributed by atoms with Crippen LogP contribution in [-0.2, 0) is 31.5 Å². The number of hydrogen-bond donors (Lipinski definition) is 1. The zero-order chi connectivity index (χ0) is 23.9. The van der Waals surface area contributed by atoms with Crippen molar-refractivity contribution >= 4 is 34.0 Å². The highest BCUT2D eigenvalue weighted by atomic mass is 32.1. The lowest BCUT2D eigenvalue weighted by Crippen LogP contribution is -2.37. The second kappa shape index (κ2) is 8.28. The first-order valence-electron chi connectivity index (χ1n) is 9.52. The summed E-state index contributed by atoms with van der Waals surface area (Å²) < 4.78 is 40.3. The summed E-state index contributed by atoms with van der Waals surface area (Å²) in [5.74, 6) is -0.415. The first kappa shape index (κ1) is 22.4. The number of nitrogens with zero attached hydrogens (tertiary/aromatic N) is 4. The first-order chi connectivity index (χ1) is 15.5. The zero-order valence-corrected chi connectivity index (χ0v) is 18.1. The van der Waals surface area contributed by atoms with Crippen LogP contribution >= 0.6 is 11.3 Å². The quantitative estimate of drug-likeness (QED) is 0.489. The van der Waals surface area contributed by atoms with Crippen LogP contribution in [0, 0.1) is 0 Å². The molecule has 0 atom stereocenters. The van der Waals surface area contributed by atoms with Gasteiger partial charge in [0.2, 0.25) is 5.91 Å². The highest BCUT2D eigenvalue weighted by Crippen LogP contribution is 2.31. The van der Waals surface area contributed by atoms with E-state index in [-0.39, 0.29) is 23.1 Å². The number of amides is 1. The van der Waals surface area contributed by atoms with Crippen LogP contribution in [0.4, 0.5) is 18.9 Å². The van der Waals surface area contributed by atoms with Crippen molar-refractivity contribution in [3.8, 4) is 10.6 Å². The van der Waals surface area contributed by atoms with Crippen molar-refractivity contribution in [3.05, 3.63) is 74.0 Å². The number of anilines is 1. The third-order valence-corrected chi connectivity index (χ3v) is 5.87. The maximum Gasteiger partial charge on any atom is 0.416 e. The number of halogens is 3. The number of nitrogens with one attached hydrogen (secondary N) is 1.